The highest BCUT2D eigenvalue weighted by Crippen LogP contribution is 2.22. The molecule has 0 aliphatic rings. The van der Waals surface area contributed by atoms with Crippen molar-refractivity contribution in [2.45, 2.75) is 6.92 Å². The van der Waals surface area contributed by atoms with E-state index in [2.05, 4.69) is 20.7 Å². The van der Waals surface area contributed by atoms with E-state index in [1.165, 1.54) is 18.3 Å². The number of amides is 1. The van der Waals surface area contributed by atoms with Crippen LogP contribution in [0.5, 0.6) is 0 Å². The van der Waals surface area contributed by atoms with Gasteiger partial charge in [-0.05, 0) is 6.92 Å². The van der Waals surface area contributed by atoms with Crippen LogP contribution in [-0.4, -0.2) is 27.2 Å². The molecule has 8 heteroatoms. The molecule has 130 valence electrons. The Bertz CT molecular complexity index is 980. The van der Waals surface area contributed by atoms with Crippen LogP contribution in [0.15, 0.2) is 59.7 Å². The number of carbonyl (C=O) groups excluding carboxylic acids is 1. The number of hydrogen-bond acceptors (Lipinski definition) is 5. The molecular weight excluding hydrogens is 334 g/mol. The highest BCUT2D eigenvalue weighted by atomic mass is 16.6. The molecule has 1 aromatic heterocycles. The van der Waals surface area contributed by atoms with E-state index in [0.717, 1.165) is 5.56 Å². The number of benzene rings is 2. The van der Waals surface area contributed by atoms with Gasteiger partial charge < -0.3 is 0 Å². The summed E-state index contributed by atoms with van der Waals surface area (Å²) in [5, 5.41) is 21.5. The Morgan fingerprint density at radius 1 is 1.23 bits per heavy atom. The number of hydrazone groups is 1. The summed E-state index contributed by atoms with van der Waals surface area (Å²) >= 11 is 0. The van der Waals surface area contributed by atoms with Crippen LogP contribution < -0.4 is 5.43 Å². The van der Waals surface area contributed by atoms with Gasteiger partial charge >= 0.3 is 0 Å². The van der Waals surface area contributed by atoms with Gasteiger partial charge in [0.05, 0.1) is 16.8 Å². The lowest BCUT2D eigenvalue weighted by atomic mass is 10.1. The van der Waals surface area contributed by atoms with E-state index in [-0.39, 0.29) is 5.69 Å². The third-order valence-electron chi connectivity index (χ3n) is 3.74. The number of aromatic amines is 1. The molecule has 0 bridgehead atoms. The molecule has 0 atom stereocenters. The Morgan fingerprint density at radius 3 is 2.73 bits per heavy atom. The van der Waals surface area contributed by atoms with Crippen LogP contribution >= 0.6 is 0 Å². The maximum absolute atomic E-state index is 12.3. The molecule has 2 N–H and O–H groups in total. The van der Waals surface area contributed by atoms with E-state index in [0.29, 0.717) is 22.5 Å². The molecule has 0 radical (unpaired) electrons. The Morgan fingerprint density at radius 2 is 2.00 bits per heavy atom. The van der Waals surface area contributed by atoms with Crippen LogP contribution in [0, 0.1) is 17.0 Å². The average Bonchev–Trinajstić information content (AvgIpc) is 3.04. The molecule has 0 saturated heterocycles. The van der Waals surface area contributed by atoms with Crippen molar-refractivity contribution >= 4 is 17.8 Å². The number of H-pyrrole nitrogens is 1. The maximum Gasteiger partial charge on any atom is 0.289 e. The van der Waals surface area contributed by atoms with Crippen molar-refractivity contribution < 1.29 is 9.72 Å². The van der Waals surface area contributed by atoms with Crippen molar-refractivity contribution in [2.75, 3.05) is 0 Å². The van der Waals surface area contributed by atoms with Crippen molar-refractivity contribution in [1.82, 2.24) is 15.6 Å². The molecule has 1 amide bonds. The summed E-state index contributed by atoms with van der Waals surface area (Å²) in [7, 11) is 0. The Labute approximate surface area is 148 Å². The topological polar surface area (TPSA) is 113 Å². The van der Waals surface area contributed by atoms with Crippen molar-refractivity contribution in [3.8, 4) is 11.3 Å². The molecule has 0 saturated carbocycles. The van der Waals surface area contributed by atoms with Crippen molar-refractivity contribution in [3.05, 3.63) is 81.5 Å². The van der Waals surface area contributed by atoms with Crippen LogP contribution in [0.1, 0.15) is 21.6 Å². The van der Waals surface area contributed by atoms with E-state index >= 15 is 0 Å². The van der Waals surface area contributed by atoms with Crippen molar-refractivity contribution in [2.24, 2.45) is 5.10 Å². The average molecular weight is 349 g/mol. The number of hydrogen-bond donors (Lipinski definition) is 2. The standard InChI is InChI=1S/C18H15N5O3/c1-12-16(14-7-3-2-4-8-14)20-21-17(12)18(24)22-19-11-13-6-5-9-15(10-13)23(25)26/h2-11H,1H3,(H,20,21)(H,22,24)/b19-11+. The third-order valence-corrected chi connectivity index (χ3v) is 3.74. The molecule has 26 heavy (non-hydrogen) atoms. The third kappa shape index (κ3) is 3.64. The van der Waals surface area contributed by atoms with Gasteiger partial charge in [0.2, 0.25) is 0 Å². The predicted octanol–water partition coefficient (Wildman–Crippen LogP) is 3.06. The summed E-state index contributed by atoms with van der Waals surface area (Å²) < 4.78 is 0. The summed E-state index contributed by atoms with van der Waals surface area (Å²) in [5.74, 6) is -0.445. The first-order chi connectivity index (χ1) is 12.6. The second kappa shape index (κ2) is 7.39. The van der Waals surface area contributed by atoms with Crippen LogP contribution in [0.2, 0.25) is 0 Å². The Kier molecular flexibility index (Phi) is 4.84. The fraction of sp³-hybridized carbons (Fsp3) is 0.0556. The first-order valence-electron chi connectivity index (χ1n) is 7.74. The molecule has 8 nitrogen and oxygen atoms in total. The smallest absolute Gasteiger partial charge is 0.272 e. The lowest BCUT2D eigenvalue weighted by Crippen LogP contribution is -2.19. The van der Waals surface area contributed by atoms with Gasteiger partial charge in [0, 0.05) is 28.8 Å². The van der Waals surface area contributed by atoms with Crippen LogP contribution in [0.3, 0.4) is 0 Å². The number of rotatable bonds is 5. The first kappa shape index (κ1) is 17.0. The number of non-ortho nitro benzene ring substituents is 1. The van der Waals surface area contributed by atoms with E-state index in [1.54, 1.807) is 19.1 Å². The molecule has 0 aliphatic heterocycles. The number of carbonyl (C=O) groups is 1. The fourth-order valence-electron chi connectivity index (χ4n) is 2.44. The van der Waals surface area contributed by atoms with E-state index < -0.39 is 10.8 Å². The zero-order chi connectivity index (χ0) is 18.5. The summed E-state index contributed by atoms with van der Waals surface area (Å²) in [6.07, 6.45) is 1.34. The SMILES string of the molecule is Cc1c(-c2ccccc2)n[nH]c1C(=O)N/N=C/c1cccc([N+](=O)[O-])c1. The van der Waals surface area contributed by atoms with Crippen LogP contribution in [0.25, 0.3) is 11.3 Å². The van der Waals surface area contributed by atoms with Gasteiger partial charge in [-0.25, -0.2) is 5.43 Å². The van der Waals surface area contributed by atoms with Crippen molar-refractivity contribution in [1.29, 1.82) is 0 Å². The highest BCUT2D eigenvalue weighted by Gasteiger charge is 2.16. The lowest BCUT2D eigenvalue weighted by molar-refractivity contribution is -0.384. The van der Waals surface area contributed by atoms with Gasteiger partial charge in [-0.15, -0.1) is 0 Å². The lowest BCUT2D eigenvalue weighted by Gasteiger charge is -2.00. The monoisotopic (exact) mass is 349 g/mol. The fourth-order valence-corrected chi connectivity index (χ4v) is 2.44. The minimum atomic E-state index is -0.491. The molecule has 3 rings (SSSR count). The molecule has 3 aromatic rings. The largest absolute Gasteiger partial charge is 0.289 e. The number of nitrogens with zero attached hydrogens (tertiary/aromatic N) is 3. The zero-order valence-corrected chi connectivity index (χ0v) is 13.8. The van der Waals surface area contributed by atoms with E-state index in [4.69, 9.17) is 0 Å². The quantitative estimate of drug-likeness (QED) is 0.418. The van der Waals surface area contributed by atoms with Gasteiger partial charge in [-0.1, -0.05) is 42.5 Å². The first-order valence-corrected chi connectivity index (χ1v) is 7.74. The number of aromatic nitrogens is 2. The zero-order valence-electron chi connectivity index (χ0n) is 13.8. The minimum Gasteiger partial charge on any atom is -0.272 e. The minimum absolute atomic E-state index is 0.0443. The molecular formula is C18H15N5O3. The van der Waals surface area contributed by atoms with E-state index in [9.17, 15) is 14.9 Å². The van der Waals surface area contributed by atoms with Gasteiger partial charge in [0.25, 0.3) is 11.6 Å². The molecule has 0 fully saturated rings. The summed E-state index contributed by atoms with van der Waals surface area (Å²) in [5.41, 5.74) is 5.46. The second-order valence-corrected chi connectivity index (χ2v) is 5.49. The Hall–Kier alpha value is -3.81. The summed E-state index contributed by atoms with van der Waals surface area (Å²) in [6, 6.07) is 15.5. The summed E-state index contributed by atoms with van der Waals surface area (Å²) in [6.45, 7) is 1.80. The molecule has 0 spiro atoms. The highest BCUT2D eigenvalue weighted by molar-refractivity contribution is 5.96. The van der Waals surface area contributed by atoms with Crippen molar-refractivity contribution in [3.63, 3.8) is 0 Å². The van der Waals surface area contributed by atoms with Gasteiger partial charge in [-0.3, -0.25) is 20.0 Å². The molecule has 2 aromatic carbocycles. The Balaban J connectivity index is 1.72. The summed E-state index contributed by atoms with van der Waals surface area (Å²) in [4.78, 5) is 22.5. The predicted molar refractivity (Wildman–Crippen MR) is 96.9 cm³/mol. The van der Waals surface area contributed by atoms with Gasteiger partial charge in [-0.2, -0.15) is 10.2 Å². The molecule has 0 aliphatic carbocycles. The van der Waals surface area contributed by atoms with Crippen LogP contribution in [0.4, 0.5) is 5.69 Å². The van der Waals surface area contributed by atoms with E-state index in [1.807, 2.05) is 30.3 Å². The molecule has 0 unspecified atom stereocenters. The number of nitro benzene ring substituents is 1. The van der Waals surface area contributed by atoms with Crippen LogP contribution in [-0.2, 0) is 0 Å². The van der Waals surface area contributed by atoms with Gasteiger partial charge in [0.1, 0.15) is 5.69 Å². The maximum atomic E-state index is 12.3. The number of nitro groups is 1. The second-order valence-electron chi connectivity index (χ2n) is 5.49. The normalized spacial score (nSPS) is 10.8. The van der Waals surface area contributed by atoms with Gasteiger partial charge in [0.15, 0.2) is 0 Å². The number of nitrogens with one attached hydrogen (secondary N) is 2. The molecule has 1 heterocycles.